The summed E-state index contributed by atoms with van der Waals surface area (Å²) >= 11 is 0. The molecule has 0 aromatic rings. The van der Waals surface area contributed by atoms with E-state index in [1.807, 2.05) is 13.8 Å². The summed E-state index contributed by atoms with van der Waals surface area (Å²) in [6.45, 7) is 5.12. The first-order chi connectivity index (χ1) is 4.35. The van der Waals surface area contributed by atoms with Crippen molar-refractivity contribution in [2.24, 2.45) is 4.99 Å². The van der Waals surface area contributed by atoms with Crippen molar-refractivity contribution in [1.82, 2.24) is 0 Å². The number of methoxy groups -OCH3 is 1. The molecule has 0 amide bonds. The van der Waals surface area contributed by atoms with E-state index in [0.29, 0.717) is 19.2 Å². The topological polar surface area (TPSA) is 30.8 Å². The zero-order chi connectivity index (χ0) is 7.11. The summed E-state index contributed by atoms with van der Waals surface area (Å²) in [4.78, 5) is 3.90. The van der Waals surface area contributed by atoms with Crippen LogP contribution in [0.1, 0.15) is 13.8 Å². The third-order valence-electron chi connectivity index (χ3n) is 0.730. The van der Waals surface area contributed by atoms with Crippen LogP contribution in [0.5, 0.6) is 0 Å². The van der Waals surface area contributed by atoms with E-state index in [9.17, 15) is 0 Å². The van der Waals surface area contributed by atoms with E-state index in [0.717, 1.165) is 0 Å². The van der Waals surface area contributed by atoms with E-state index in [4.69, 9.17) is 9.47 Å². The Hall–Kier alpha value is -0.730. The van der Waals surface area contributed by atoms with Crippen molar-refractivity contribution >= 4 is 6.08 Å². The third-order valence-corrected chi connectivity index (χ3v) is 0.730. The van der Waals surface area contributed by atoms with E-state index in [1.165, 1.54) is 0 Å². The molecule has 0 rings (SSSR count). The normalized spacial score (nSPS) is 11.2. The molecule has 0 heterocycles. The molecule has 9 heavy (non-hydrogen) atoms. The van der Waals surface area contributed by atoms with E-state index in [-0.39, 0.29) is 0 Å². The summed E-state index contributed by atoms with van der Waals surface area (Å²) in [6, 6.07) is 0. The van der Waals surface area contributed by atoms with Crippen molar-refractivity contribution in [3.05, 3.63) is 0 Å². The Labute approximate surface area is 55.7 Å². The lowest BCUT2D eigenvalue weighted by atomic mass is 10.8. The zero-order valence-corrected chi connectivity index (χ0v) is 6.18. The summed E-state index contributed by atoms with van der Waals surface area (Å²) in [5.41, 5.74) is 0. The Bertz CT molecular complexity index is 91.1. The summed E-state index contributed by atoms with van der Waals surface area (Å²) in [7, 11) is 1.55. The highest BCUT2D eigenvalue weighted by molar-refractivity contribution is 5.66. The summed E-state index contributed by atoms with van der Waals surface area (Å²) < 4.78 is 9.72. The van der Waals surface area contributed by atoms with Crippen LogP contribution in [0, 0.1) is 0 Å². The van der Waals surface area contributed by atoms with Gasteiger partial charge in [-0.2, -0.15) is 0 Å². The van der Waals surface area contributed by atoms with Crippen LogP contribution in [0.2, 0.25) is 0 Å². The molecule has 3 nitrogen and oxygen atoms in total. The van der Waals surface area contributed by atoms with Gasteiger partial charge in [-0.05, 0) is 13.8 Å². The fourth-order valence-corrected chi connectivity index (χ4v) is 0.422. The molecule has 0 saturated heterocycles. The van der Waals surface area contributed by atoms with Crippen molar-refractivity contribution in [2.45, 2.75) is 13.8 Å². The molecule has 0 aliphatic carbocycles. The molecule has 0 N–H and O–H groups in total. The minimum Gasteiger partial charge on any atom is -0.454 e. The first-order valence-corrected chi connectivity index (χ1v) is 3.06. The maximum absolute atomic E-state index is 4.96. The van der Waals surface area contributed by atoms with Crippen LogP contribution in [0.15, 0.2) is 4.99 Å². The van der Waals surface area contributed by atoms with Gasteiger partial charge in [0.25, 0.3) is 0 Å². The van der Waals surface area contributed by atoms with Gasteiger partial charge in [0.15, 0.2) is 0 Å². The van der Waals surface area contributed by atoms with Gasteiger partial charge in [0.2, 0.25) is 0 Å². The zero-order valence-electron chi connectivity index (χ0n) is 6.18. The largest absolute Gasteiger partial charge is 0.454 e. The maximum Gasteiger partial charge on any atom is 0.383 e. The van der Waals surface area contributed by atoms with Crippen LogP contribution in [0.4, 0.5) is 0 Å². The average molecular weight is 131 g/mol. The molecule has 0 unspecified atom stereocenters. The predicted octanol–water partition coefficient (Wildman–Crippen LogP) is 1.05. The molecule has 3 heteroatoms. The van der Waals surface area contributed by atoms with E-state index in [2.05, 4.69) is 4.99 Å². The fourth-order valence-electron chi connectivity index (χ4n) is 0.422. The van der Waals surface area contributed by atoms with Gasteiger partial charge in [-0.1, -0.05) is 0 Å². The average Bonchev–Trinajstić information content (AvgIpc) is 1.88. The van der Waals surface area contributed by atoms with Gasteiger partial charge >= 0.3 is 6.08 Å². The number of hydrogen-bond acceptors (Lipinski definition) is 3. The molecule has 0 aliphatic rings. The minimum absolute atomic E-state index is 0.375. The highest BCUT2D eigenvalue weighted by Crippen LogP contribution is 1.82. The summed E-state index contributed by atoms with van der Waals surface area (Å²) in [6.07, 6.45) is 0.375. The Kier molecular flexibility index (Phi) is 4.97. The number of rotatable bonds is 2. The minimum atomic E-state index is 0.375. The number of hydrogen-bond donors (Lipinski definition) is 0. The van der Waals surface area contributed by atoms with Crippen molar-refractivity contribution in [3.8, 4) is 0 Å². The van der Waals surface area contributed by atoms with Gasteiger partial charge < -0.3 is 9.47 Å². The SMILES string of the molecule is CCN=C(OC)OCC. The van der Waals surface area contributed by atoms with E-state index >= 15 is 0 Å². The van der Waals surface area contributed by atoms with Crippen LogP contribution < -0.4 is 0 Å². The van der Waals surface area contributed by atoms with Crippen molar-refractivity contribution in [1.29, 1.82) is 0 Å². The molecule has 0 bridgehead atoms. The molecular weight excluding hydrogens is 118 g/mol. The lowest BCUT2D eigenvalue weighted by Gasteiger charge is -2.02. The predicted molar refractivity (Wildman–Crippen MR) is 36.6 cm³/mol. The third kappa shape index (κ3) is 3.82. The molecular formula is C6H13NO2. The van der Waals surface area contributed by atoms with Gasteiger partial charge in [-0.3, -0.25) is 0 Å². The van der Waals surface area contributed by atoms with Gasteiger partial charge in [-0.15, -0.1) is 0 Å². The van der Waals surface area contributed by atoms with Gasteiger partial charge in [0, 0.05) is 6.54 Å². The Morgan fingerprint density at radius 3 is 2.44 bits per heavy atom. The molecule has 0 aliphatic heterocycles. The molecule has 0 fully saturated rings. The number of aliphatic imine (C=N–C) groups is 1. The highest BCUT2D eigenvalue weighted by Gasteiger charge is 1.92. The second-order valence-corrected chi connectivity index (χ2v) is 1.38. The lowest BCUT2D eigenvalue weighted by molar-refractivity contribution is 0.206. The van der Waals surface area contributed by atoms with Gasteiger partial charge in [-0.25, -0.2) is 4.99 Å². The monoisotopic (exact) mass is 131 g/mol. The number of ether oxygens (including phenoxy) is 2. The summed E-state index contributed by atoms with van der Waals surface area (Å²) in [5.74, 6) is 0. The smallest absolute Gasteiger partial charge is 0.383 e. The molecule has 54 valence electrons. The quantitative estimate of drug-likeness (QED) is 0.414. The van der Waals surface area contributed by atoms with Crippen molar-refractivity contribution in [2.75, 3.05) is 20.3 Å². The van der Waals surface area contributed by atoms with Crippen molar-refractivity contribution in [3.63, 3.8) is 0 Å². The molecule has 0 aromatic heterocycles. The lowest BCUT2D eigenvalue weighted by Crippen LogP contribution is -2.06. The van der Waals surface area contributed by atoms with E-state index < -0.39 is 0 Å². The Morgan fingerprint density at radius 1 is 1.44 bits per heavy atom. The molecule has 0 spiro atoms. The van der Waals surface area contributed by atoms with Crippen LogP contribution in [-0.4, -0.2) is 26.3 Å². The standard InChI is InChI=1S/C6H13NO2/c1-4-7-6(8-3)9-5-2/h4-5H2,1-3H3. The van der Waals surface area contributed by atoms with Gasteiger partial charge in [0.05, 0.1) is 13.7 Å². The second-order valence-electron chi connectivity index (χ2n) is 1.38. The maximum atomic E-state index is 4.96. The van der Waals surface area contributed by atoms with Crippen LogP contribution >= 0.6 is 0 Å². The first kappa shape index (κ1) is 8.27. The molecule has 0 radical (unpaired) electrons. The summed E-state index contributed by atoms with van der Waals surface area (Å²) in [5, 5.41) is 0. The number of nitrogens with zero attached hydrogens (tertiary/aromatic N) is 1. The molecule has 0 atom stereocenters. The van der Waals surface area contributed by atoms with E-state index in [1.54, 1.807) is 7.11 Å². The highest BCUT2D eigenvalue weighted by atomic mass is 16.7. The molecule has 0 aromatic carbocycles. The fraction of sp³-hybridized carbons (Fsp3) is 0.833. The van der Waals surface area contributed by atoms with Crippen LogP contribution in [-0.2, 0) is 9.47 Å². The first-order valence-electron chi connectivity index (χ1n) is 3.06. The Balaban J connectivity index is 3.53. The van der Waals surface area contributed by atoms with Crippen LogP contribution in [0.25, 0.3) is 0 Å². The Morgan fingerprint density at radius 2 is 2.11 bits per heavy atom. The van der Waals surface area contributed by atoms with Gasteiger partial charge in [0.1, 0.15) is 0 Å². The van der Waals surface area contributed by atoms with Crippen molar-refractivity contribution < 1.29 is 9.47 Å². The van der Waals surface area contributed by atoms with Crippen LogP contribution in [0.3, 0.4) is 0 Å². The molecule has 0 saturated carbocycles. The second kappa shape index (κ2) is 5.41.